The van der Waals surface area contributed by atoms with E-state index in [0.717, 1.165) is 22.2 Å². The molecule has 0 N–H and O–H groups in total. The van der Waals surface area contributed by atoms with Crippen molar-refractivity contribution in [3.05, 3.63) is 75.1 Å². The fraction of sp³-hybridized carbons (Fsp3) is 0.125. The van der Waals surface area contributed by atoms with Crippen LogP contribution in [0.4, 0.5) is 5.69 Å². The number of benzene rings is 2. The number of nitrogens with zero attached hydrogens (tertiary/aromatic N) is 4. The smallest absolute Gasteiger partial charge is 0.269 e. The summed E-state index contributed by atoms with van der Waals surface area (Å²) in [4.78, 5) is 10.3. The molecule has 1 aromatic heterocycles. The molecule has 2 aromatic carbocycles. The number of hydrogen-bond donors (Lipinski definition) is 0. The van der Waals surface area contributed by atoms with Gasteiger partial charge in [-0.1, -0.05) is 35.5 Å². The van der Waals surface area contributed by atoms with Crippen LogP contribution in [-0.2, 0) is 5.75 Å². The van der Waals surface area contributed by atoms with Crippen LogP contribution >= 0.6 is 23.4 Å². The van der Waals surface area contributed by atoms with Crippen molar-refractivity contribution in [3.63, 3.8) is 0 Å². The predicted molar refractivity (Wildman–Crippen MR) is 93.8 cm³/mol. The summed E-state index contributed by atoms with van der Waals surface area (Å²) in [5.41, 5.74) is 2.01. The summed E-state index contributed by atoms with van der Waals surface area (Å²) in [5.74, 6) is 1.42. The molecule has 122 valence electrons. The van der Waals surface area contributed by atoms with E-state index >= 15 is 0 Å². The Hall–Kier alpha value is -2.38. The zero-order chi connectivity index (χ0) is 17.1. The molecule has 0 aliphatic carbocycles. The monoisotopic (exact) mass is 360 g/mol. The Morgan fingerprint density at radius 3 is 2.42 bits per heavy atom. The molecule has 6 nitrogen and oxygen atoms in total. The summed E-state index contributed by atoms with van der Waals surface area (Å²) in [5, 5.41) is 20.5. The SMILES string of the molecule is Cc1nnc(SCc2ccc([N+](=O)[O-])cc2)n1-c1ccc(Cl)cc1. The molecule has 0 aliphatic rings. The van der Waals surface area contributed by atoms with Crippen molar-refractivity contribution in [1.82, 2.24) is 14.8 Å². The number of halogens is 1. The van der Waals surface area contributed by atoms with E-state index in [1.54, 1.807) is 12.1 Å². The molecule has 0 amide bonds. The van der Waals surface area contributed by atoms with Gasteiger partial charge in [-0.05, 0) is 36.8 Å². The molecule has 0 unspecified atom stereocenters. The molecular formula is C16H13ClN4O2S. The van der Waals surface area contributed by atoms with Gasteiger partial charge in [0.25, 0.3) is 5.69 Å². The molecule has 0 bridgehead atoms. The molecule has 3 rings (SSSR count). The Morgan fingerprint density at radius 1 is 1.12 bits per heavy atom. The summed E-state index contributed by atoms with van der Waals surface area (Å²) in [7, 11) is 0. The number of hydrogen-bond acceptors (Lipinski definition) is 5. The second-order valence-electron chi connectivity index (χ2n) is 5.05. The summed E-state index contributed by atoms with van der Waals surface area (Å²) in [6.07, 6.45) is 0. The maximum Gasteiger partial charge on any atom is 0.269 e. The van der Waals surface area contributed by atoms with Crippen LogP contribution in [0, 0.1) is 17.0 Å². The fourth-order valence-electron chi connectivity index (χ4n) is 2.19. The van der Waals surface area contributed by atoms with Gasteiger partial charge in [-0.2, -0.15) is 0 Å². The topological polar surface area (TPSA) is 73.8 Å². The molecular weight excluding hydrogens is 348 g/mol. The van der Waals surface area contributed by atoms with Gasteiger partial charge in [-0.25, -0.2) is 0 Å². The number of rotatable bonds is 5. The first-order chi connectivity index (χ1) is 11.5. The minimum Gasteiger partial charge on any atom is -0.274 e. The summed E-state index contributed by atoms with van der Waals surface area (Å²) in [6, 6.07) is 14.0. The van der Waals surface area contributed by atoms with Crippen LogP contribution in [-0.4, -0.2) is 19.7 Å². The number of thioether (sulfide) groups is 1. The highest BCUT2D eigenvalue weighted by molar-refractivity contribution is 7.98. The highest BCUT2D eigenvalue weighted by Gasteiger charge is 2.12. The van der Waals surface area contributed by atoms with Gasteiger partial charge in [0.1, 0.15) is 5.82 Å². The molecule has 8 heteroatoms. The average Bonchev–Trinajstić information content (AvgIpc) is 2.95. The Labute approximate surface area is 147 Å². The molecule has 0 aliphatic heterocycles. The van der Waals surface area contributed by atoms with E-state index in [1.165, 1.54) is 23.9 Å². The lowest BCUT2D eigenvalue weighted by atomic mass is 10.2. The fourth-order valence-corrected chi connectivity index (χ4v) is 3.27. The molecule has 1 heterocycles. The van der Waals surface area contributed by atoms with Crippen molar-refractivity contribution < 1.29 is 4.92 Å². The molecule has 24 heavy (non-hydrogen) atoms. The third-order valence-electron chi connectivity index (χ3n) is 3.40. The Kier molecular flexibility index (Phi) is 4.82. The maximum absolute atomic E-state index is 10.7. The zero-order valence-electron chi connectivity index (χ0n) is 12.7. The highest BCUT2D eigenvalue weighted by atomic mass is 35.5. The van der Waals surface area contributed by atoms with Crippen LogP contribution in [0.2, 0.25) is 5.02 Å². The summed E-state index contributed by atoms with van der Waals surface area (Å²) in [6.45, 7) is 1.89. The standard InChI is InChI=1S/C16H13ClN4O2S/c1-11-18-19-16(20(11)14-8-4-13(17)5-9-14)24-10-12-2-6-15(7-3-12)21(22)23/h2-9H,10H2,1H3. The number of non-ortho nitro benzene ring substituents is 1. The lowest BCUT2D eigenvalue weighted by Gasteiger charge is -2.08. The minimum absolute atomic E-state index is 0.0870. The summed E-state index contributed by atoms with van der Waals surface area (Å²) >= 11 is 7.46. The van der Waals surface area contributed by atoms with E-state index in [4.69, 9.17) is 11.6 Å². The molecule has 0 atom stereocenters. The Balaban J connectivity index is 1.78. The molecule has 0 fully saturated rings. The first kappa shape index (κ1) is 16.5. The van der Waals surface area contributed by atoms with Crippen LogP contribution < -0.4 is 0 Å². The van der Waals surface area contributed by atoms with Gasteiger partial charge in [0.2, 0.25) is 0 Å². The van der Waals surface area contributed by atoms with E-state index in [-0.39, 0.29) is 5.69 Å². The van der Waals surface area contributed by atoms with Gasteiger partial charge >= 0.3 is 0 Å². The Bertz CT molecular complexity index is 863. The first-order valence-electron chi connectivity index (χ1n) is 7.08. The van der Waals surface area contributed by atoms with Crippen molar-refractivity contribution in [2.45, 2.75) is 17.8 Å². The minimum atomic E-state index is -0.405. The van der Waals surface area contributed by atoms with Crippen molar-refractivity contribution in [2.24, 2.45) is 0 Å². The van der Waals surface area contributed by atoms with E-state index in [2.05, 4.69) is 10.2 Å². The second-order valence-corrected chi connectivity index (χ2v) is 6.43. The van der Waals surface area contributed by atoms with Gasteiger partial charge in [0, 0.05) is 28.6 Å². The van der Waals surface area contributed by atoms with E-state index < -0.39 is 4.92 Å². The van der Waals surface area contributed by atoms with E-state index in [9.17, 15) is 10.1 Å². The van der Waals surface area contributed by atoms with Crippen LogP contribution in [0.15, 0.2) is 53.7 Å². The lowest BCUT2D eigenvalue weighted by Crippen LogP contribution is -1.99. The lowest BCUT2D eigenvalue weighted by molar-refractivity contribution is -0.384. The number of aryl methyl sites for hydroxylation is 1. The van der Waals surface area contributed by atoms with Crippen molar-refractivity contribution in [2.75, 3.05) is 0 Å². The van der Waals surface area contributed by atoms with Gasteiger partial charge in [-0.15, -0.1) is 10.2 Å². The highest BCUT2D eigenvalue weighted by Crippen LogP contribution is 2.26. The largest absolute Gasteiger partial charge is 0.274 e. The molecule has 0 saturated carbocycles. The average molecular weight is 361 g/mol. The van der Waals surface area contributed by atoms with Crippen LogP contribution in [0.1, 0.15) is 11.4 Å². The van der Waals surface area contributed by atoms with Crippen LogP contribution in [0.25, 0.3) is 5.69 Å². The van der Waals surface area contributed by atoms with Crippen molar-refractivity contribution in [3.8, 4) is 5.69 Å². The quantitative estimate of drug-likeness (QED) is 0.382. The van der Waals surface area contributed by atoms with Crippen molar-refractivity contribution in [1.29, 1.82) is 0 Å². The molecule has 3 aromatic rings. The predicted octanol–water partition coefficient (Wildman–Crippen LogP) is 4.43. The van der Waals surface area contributed by atoms with Gasteiger partial charge < -0.3 is 0 Å². The first-order valence-corrected chi connectivity index (χ1v) is 8.45. The number of aromatic nitrogens is 3. The van der Waals surface area contributed by atoms with Crippen molar-refractivity contribution >= 4 is 29.1 Å². The second kappa shape index (κ2) is 7.02. The number of nitro benzene ring substituents is 1. The van der Waals surface area contributed by atoms with Crippen LogP contribution in [0.3, 0.4) is 0 Å². The van der Waals surface area contributed by atoms with E-state index in [1.807, 2.05) is 35.8 Å². The van der Waals surface area contributed by atoms with Gasteiger partial charge in [0.15, 0.2) is 5.16 Å². The number of nitro groups is 1. The normalized spacial score (nSPS) is 10.8. The molecule has 0 radical (unpaired) electrons. The van der Waals surface area contributed by atoms with E-state index in [0.29, 0.717) is 10.8 Å². The van der Waals surface area contributed by atoms with Gasteiger partial charge in [0.05, 0.1) is 4.92 Å². The third-order valence-corrected chi connectivity index (χ3v) is 4.65. The zero-order valence-corrected chi connectivity index (χ0v) is 14.3. The van der Waals surface area contributed by atoms with Crippen LogP contribution in [0.5, 0.6) is 0 Å². The van der Waals surface area contributed by atoms with Gasteiger partial charge in [-0.3, -0.25) is 14.7 Å². The third kappa shape index (κ3) is 3.58. The summed E-state index contributed by atoms with van der Waals surface area (Å²) < 4.78 is 1.95. The molecule has 0 spiro atoms. The maximum atomic E-state index is 10.7. The molecule has 0 saturated heterocycles. The Morgan fingerprint density at radius 2 is 1.79 bits per heavy atom.